The Balaban J connectivity index is 2.37. The van der Waals surface area contributed by atoms with Crippen molar-refractivity contribution in [1.82, 2.24) is 10.2 Å². The fourth-order valence-electron chi connectivity index (χ4n) is 1.92. The number of carboxylic acids is 1. The van der Waals surface area contributed by atoms with Crippen LogP contribution in [0.5, 0.6) is 0 Å². The molecular weight excluding hydrogens is 232 g/mol. The van der Waals surface area contributed by atoms with Gasteiger partial charge in [0.05, 0.1) is 0 Å². The first-order valence-corrected chi connectivity index (χ1v) is 6.14. The van der Waals surface area contributed by atoms with Crippen LogP contribution in [-0.2, 0) is 4.79 Å². The number of allylic oxidation sites excluding steroid dienone is 2. The Morgan fingerprint density at radius 1 is 1.50 bits per heavy atom. The first kappa shape index (κ1) is 14.3. The van der Waals surface area contributed by atoms with Gasteiger partial charge in [0.1, 0.15) is 6.54 Å². The molecule has 0 spiro atoms. The number of amides is 2. The fraction of sp³-hybridized carbons (Fsp3) is 0.538. The Kier molecular flexibility index (Phi) is 5.97. The topological polar surface area (TPSA) is 69.6 Å². The minimum absolute atomic E-state index is 0.239. The zero-order chi connectivity index (χ0) is 13.4. The minimum atomic E-state index is -1.02. The molecule has 0 heterocycles. The van der Waals surface area contributed by atoms with Crippen LogP contribution < -0.4 is 5.32 Å². The van der Waals surface area contributed by atoms with Crippen molar-refractivity contribution in [3.63, 3.8) is 0 Å². The van der Waals surface area contributed by atoms with Gasteiger partial charge in [-0.15, -0.1) is 6.58 Å². The normalized spacial score (nSPS) is 18.1. The van der Waals surface area contributed by atoms with Crippen LogP contribution in [0.15, 0.2) is 24.8 Å². The smallest absolute Gasteiger partial charge is 0.323 e. The lowest BCUT2D eigenvalue weighted by Crippen LogP contribution is -2.44. The summed E-state index contributed by atoms with van der Waals surface area (Å²) in [5.74, 6) is -0.568. The second-order valence-electron chi connectivity index (χ2n) is 4.40. The molecule has 5 heteroatoms. The van der Waals surface area contributed by atoms with Crippen LogP contribution in [0.25, 0.3) is 0 Å². The average Bonchev–Trinajstić information content (AvgIpc) is 2.36. The molecule has 0 aromatic rings. The molecule has 0 bridgehead atoms. The number of urea groups is 1. The van der Waals surface area contributed by atoms with Crippen molar-refractivity contribution < 1.29 is 14.7 Å². The number of carboxylic acid groups (broad SMARTS) is 1. The molecule has 1 rings (SSSR count). The standard InChI is InChI=1S/C13H20N2O3/c1-2-8-15(10-12(16)17)13(18)14-9-11-6-4-3-5-7-11/h2-4,11H,1,5-10H2,(H,14,18)(H,16,17). The molecule has 0 aromatic heterocycles. The van der Waals surface area contributed by atoms with Crippen molar-refractivity contribution in [2.75, 3.05) is 19.6 Å². The maximum absolute atomic E-state index is 11.8. The quantitative estimate of drug-likeness (QED) is 0.706. The third-order valence-electron chi connectivity index (χ3n) is 2.88. The summed E-state index contributed by atoms with van der Waals surface area (Å²) >= 11 is 0. The number of carbonyl (C=O) groups is 2. The molecule has 0 fully saturated rings. The van der Waals surface area contributed by atoms with Gasteiger partial charge in [0, 0.05) is 13.1 Å². The lowest BCUT2D eigenvalue weighted by molar-refractivity contribution is -0.137. The lowest BCUT2D eigenvalue weighted by Gasteiger charge is -2.23. The highest BCUT2D eigenvalue weighted by atomic mass is 16.4. The summed E-state index contributed by atoms with van der Waals surface area (Å²) in [5.41, 5.74) is 0. The summed E-state index contributed by atoms with van der Waals surface area (Å²) in [4.78, 5) is 23.7. The van der Waals surface area contributed by atoms with Crippen molar-refractivity contribution >= 4 is 12.0 Å². The molecular formula is C13H20N2O3. The Bertz CT molecular complexity index is 339. The maximum Gasteiger partial charge on any atom is 0.323 e. The molecule has 0 saturated carbocycles. The Hall–Kier alpha value is -1.78. The average molecular weight is 252 g/mol. The third kappa shape index (κ3) is 5.03. The first-order chi connectivity index (χ1) is 8.63. The van der Waals surface area contributed by atoms with Crippen LogP contribution >= 0.6 is 0 Å². The van der Waals surface area contributed by atoms with Crippen LogP contribution in [-0.4, -0.2) is 41.6 Å². The number of rotatable bonds is 6. The van der Waals surface area contributed by atoms with Gasteiger partial charge in [-0.1, -0.05) is 18.2 Å². The van der Waals surface area contributed by atoms with Gasteiger partial charge in [0.15, 0.2) is 0 Å². The first-order valence-electron chi connectivity index (χ1n) is 6.14. The molecule has 0 saturated heterocycles. The highest BCUT2D eigenvalue weighted by molar-refractivity contribution is 5.80. The van der Waals surface area contributed by atoms with E-state index in [1.165, 1.54) is 11.0 Å². The second-order valence-corrected chi connectivity index (χ2v) is 4.40. The van der Waals surface area contributed by atoms with E-state index in [1.54, 1.807) is 0 Å². The molecule has 1 aliphatic rings. The summed E-state index contributed by atoms with van der Waals surface area (Å²) in [5, 5.41) is 11.5. The van der Waals surface area contributed by atoms with Gasteiger partial charge < -0.3 is 15.3 Å². The van der Waals surface area contributed by atoms with E-state index < -0.39 is 5.97 Å². The second kappa shape index (κ2) is 7.53. The van der Waals surface area contributed by atoms with Gasteiger partial charge >= 0.3 is 12.0 Å². The fourth-order valence-corrected chi connectivity index (χ4v) is 1.92. The zero-order valence-electron chi connectivity index (χ0n) is 10.5. The largest absolute Gasteiger partial charge is 0.480 e. The van der Waals surface area contributed by atoms with E-state index in [0.717, 1.165) is 19.3 Å². The van der Waals surface area contributed by atoms with Crippen molar-refractivity contribution in [1.29, 1.82) is 0 Å². The van der Waals surface area contributed by atoms with Crippen LogP contribution in [0.3, 0.4) is 0 Å². The predicted octanol–water partition coefficient (Wildman–Crippen LogP) is 1.62. The van der Waals surface area contributed by atoms with Gasteiger partial charge in [0.2, 0.25) is 0 Å². The predicted molar refractivity (Wildman–Crippen MR) is 69.3 cm³/mol. The van der Waals surface area contributed by atoms with E-state index in [-0.39, 0.29) is 19.1 Å². The van der Waals surface area contributed by atoms with Crippen LogP contribution in [0.1, 0.15) is 19.3 Å². The van der Waals surface area contributed by atoms with Crippen molar-refractivity contribution in [3.8, 4) is 0 Å². The van der Waals surface area contributed by atoms with Crippen molar-refractivity contribution in [2.24, 2.45) is 5.92 Å². The molecule has 0 aliphatic heterocycles. The number of nitrogens with one attached hydrogen (secondary N) is 1. The van der Waals surface area contributed by atoms with E-state index >= 15 is 0 Å². The van der Waals surface area contributed by atoms with Gasteiger partial charge in [-0.05, 0) is 25.2 Å². The van der Waals surface area contributed by atoms with Gasteiger partial charge in [-0.25, -0.2) is 4.79 Å². The number of carbonyl (C=O) groups excluding carboxylic acids is 1. The molecule has 100 valence electrons. The Labute approximate surface area is 107 Å². The summed E-state index contributed by atoms with van der Waals surface area (Å²) in [6.07, 6.45) is 8.88. The molecule has 5 nitrogen and oxygen atoms in total. The Morgan fingerprint density at radius 3 is 2.83 bits per heavy atom. The molecule has 1 atom stereocenters. The van der Waals surface area contributed by atoms with E-state index in [4.69, 9.17) is 5.11 Å². The van der Waals surface area contributed by atoms with E-state index in [0.29, 0.717) is 12.5 Å². The molecule has 1 unspecified atom stereocenters. The van der Waals surface area contributed by atoms with E-state index in [9.17, 15) is 9.59 Å². The van der Waals surface area contributed by atoms with E-state index in [2.05, 4.69) is 24.0 Å². The molecule has 0 aromatic carbocycles. The monoisotopic (exact) mass is 252 g/mol. The highest BCUT2D eigenvalue weighted by Crippen LogP contribution is 2.16. The van der Waals surface area contributed by atoms with Gasteiger partial charge in [0.25, 0.3) is 0 Å². The summed E-state index contributed by atoms with van der Waals surface area (Å²) in [7, 11) is 0. The van der Waals surface area contributed by atoms with Gasteiger partial charge in [-0.3, -0.25) is 4.79 Å². The number of hydrogen-bond donors (Lipinski definition) is 2. The summed E-state index contributed by atoms with van der Waals surface area (Å²) in [6.45, 7) is 4.05. The number of hydrogen-bond acceptors (Lipinski definition) is 2. The molecule has 2 amide bonds. The lowest BCUT2D eigenvalue weighted by atomic mass is 9.94. The van der Waals surface area contributed by atoms with Crippen molar-refractivity contribution in [3.05, 3.63) is 24.8 Å². The molecule has 0 radical (unpaired) electrons. The number of aliphatic carboxylic acids is 1. The van der Waals surface area contributed by atoms with Crippen LogP contribution in [0.4, 0.5) is 4.79 Å². The molecule has 2 N–H and O–H groups in total. The molecule has 18 heavy (non-hydrogen) atoms. The SMILES string of the molecule is C=CCN(CC(=O)O)C(=O)NCC1CC=CCC1. The number of nitrogens with zero attached hydrogens (tertiary/aromatic N) is 1. The van der Waals surface area contributed by atoms with Gasteiger partial charge in [-0.2, -0.15) is 0 Å². The van der Waals surface area contributed by atoms with Crippen LogP contribution in [0.2, 0.25) is 0 Å². The minimum Gasteiger partial charge on any atom is -0.480 e. The maximum atomic E-state index is 11.8. The summed E-state index contributed by atoms with van der Waals surface area (Å²) < 4.78 is 0. The van der Waals surface area contributed by atoms with Crippen molar-refractivity contribution in [2.45, 2.75) is 19.3 Å². The van der Waals surface area contributed by atoms with E-state index in [1.807, 2.05) is 0 Å². The van der Waals surface area contributed by atoms with Crippen LogP contribution in [0, 0.1) is 5.92 Å². The summed E-state index contributed by atoms with van der Waals surface area (Å²) in [6, 6.07) is -0.341. The molecule has 1 aliphatic carbocycles. The zero-order valence-corrected chi connectivity index (χ0v) is 10.5. The Morgan fingerprint density at radius 2 is 2.28 bits per heavy atom. The third-order valence-corrected chi connectivity index (χ3v) is 2.88. The highest BCUT2D eigenvalue weighted by Gasteiger charge is 2.17.